The smallest absolute Gasteiger partial charge is 0.320 e. The van der Waals surface area contributed by atoms with Gasteiger partial charge in [-0.25, -0.2) is 4.39 Å². The summed E-state index contributed by atoms with van der Waals surface area (Å²) in [6, 6.07) is 10.6. The number of hydrogen-bond acceptors (Lipinski definition) is 4. The van der Waals surface area contributed by atoms with Crippen LogP contribution in [-0.2, 0) is 4.79 Å². The third-order valence-corrected chi connectivity index (χ3v) is 5.09. The van der Waals surface area contributed by atoms with E-state index >= 15 is 0 Å². The number of carboxylic acids is 1. The van der Waals surface area contributed by atoms with E-state index in [0.29, 0.717) is 35.6 Å². The SMILES string of the molecule is COc1ccc(OC)c(C(c2ccccc2F)N2CCCCC2C(=O)O)c1. The van der Waals surface area contributed by atoms with E-state index in [1.807, 2.05) is 4.90 Å². The number of nitrogens with zero attached hydrogens (tertiary/aromatic N) is 1. The minimum absolute atomic E-state index is 0.373. The van der Waals surface area contributed by atoms with Crippen LogP contribution < -0.4 is 9.47 Å². The molecule has 0 radical (unpaired) electrons. The molecule has 27 heavy (non-hydrogen) atoms. The summed E-state index contributed by atoms with van der Waals surface area (Å²) in [5.41, 5.74) is 1.12. The standard InChI is InChI=1S/C21H24FNO4/c1-26-14-10-11-19(27-2)16(13-14)20(15-7-3-4-8-17(15)22)23-12-6-5-9-18(23)21(24)25/h3-4,7-8,10-11,13,18,20H,5-6,9,12H2,1-2H3,(H,24,25). The zero-order valence-electron chi connectivity index (χ0n) is 15.5. The fourth-order valence-electron chi connectivity index (χ4n) is 3.80. The Bertz CT molecular complexity index is 811. The number of hydrogen-bond donors (Lipinski definition) is 1. The molecule has 1 heterocycles. The maximum absolute atomic E-state index is 14.8. The Morgan fingerprint density at radius 3 is 2.59 bits per heavy atom. The highest BCUT2D eigenvalue weighted by atomic mass is 19.1. The molecular weight excluding hydrogens is 349 g/mol. The van der Waals surface area contributed by atoms with Gasteiger partial charge in [0.1, 0.15) is 23.4 Å². The van der Waals surface area contributed by atoms with Gasteiger partial charge in [0.05, 0.1) is 20.3 Å². The quantitative estimate of drug-likeness (QED) is 0.833. The lowest BCUT2D eigenvalue weighted by molar-refractivity contribution is -0.145. The van der Waals surface area contributed by atoms with Crippen molar-refractivity contribution >= 4 is 5.97 Å². The lowest BCUT2D eigenvalue weighted by Crippen LogP contribution is -2.47. The summed E-state index contributed by atoms with van der Waals surface area (Å²) in [5.74, 6) is -0.0882. The van der Waals surface area contributed by atoms with Crippen molar-refractivity contribution in [1.29, 1.82) is 0 Å². The van der Waals surface area contributed by atoms with Gasteiger partial charge < -0.3 is 14.6 Å². The number of rotatable bonds is 6. The second kappa shape index (κ2) is 8.39. The summed E-state index contributed by atoms with van der Waals surface area (Å²) in [6.45, 7) is 0.566. The van der Waals surface area contributed by atoms with Crippen LogP contribution in [0.5, 0.6) is 11.5 Å². The molecule has 2 aromatic carbocycles. The Morgan fingerprint density at radius 1 is 1.15 bits per heavy atom. The third-order valence-electron chi connectivity index (χ3n) is 5.09. The number of carboxylic acid groups (broad SMARTS) is 1. The van der Waals surface area contributed by atoms with Crippen LogP contribution in [0.25, 0.3) is 0 Å². The normalized spacial score (nSPS) is 18.7. The average molecular weight is 373 g/mol. The van der Waals surface area contributed by atoms with Crippen molar-refractivity contribution in [2.75, 3.05) is 20.8 Å². The number of carbonyl (C=O) groups is 1. The molecule has 1 saturated heterocycles. The first-order valence-corrected chi connectivity index (χ1v) is 9.01. The highest BCUT2D eigenvalue weighted by Gasteiger charge is 2.37. The maximum atomic E-state index is 14.8. The number of likely N-dealkylation sites (tertiary alicyclic amines) is 1. The topological polar surface area (TPSA) is 59.0 Å². The average Bonchev–Trinajstić information content (AvgIpc) is 2.69. The molecular formula is C21H24FNO4. The zero-order chi connectivity index (χ0) is 19.4. The summed E-state index contributed by atoms with van der Waals surface area (Å²) in [7, 11) is 3.11. The minimum Gasteiger partial charge on any atom is -0.497 e. The number of methoxy groups -OCH3 is 2. The summed E-state index contributed by atoms with van der Waals surface area (Å²) < 4.78 is 25.7. The minimum atomic E-state index is -0.891. The summed E-state index contributed by atoms with van der Waals surface area (Å²) in [4.78, 5) is 13.8. The molecule has 144 valence electrons. The monoisotopic (exact) mass is 373 g/mol. The zero-order valence-corrected chi connectivity index (χ0v) is 15.5. The van der Waals surface area contributed by atoms with E-state index in [4.69, 9.17) is 9.47 Å². The lowest BCUT2D eigenvalue weighted by Gasteiger charge is -2.40. The van der Waals surface area contributed by atoms with Gasteiger partial charge in [-0.2, -0.15) is 0 Å². The van der Waals surface area contributed by atoms with Crippen molar-refractivity contribution in [2.45, 2.75) is 31.3 Å². The van der Waals surface area contributed by atoms with Gasteiger partial charge >= 0.3 is 5.97 Å². The third kappa shape index (κ3) is 3.90. The molecule has 2 unspecified atom stereocenters. The van der Waals surface area contributed by atoms with E-state index < -0.39 is 18.1 Å². The summed E-state index contributed by atoms with van der Waals surface area (Å²) in [5, 5.41) is 9.76. The summed E-state index contributed by atoms with van der Waals surface area (Å²) >= 11 is 0. The van der Waals surface area contributed by atoms with Gasteiger partial charge in [0.15, 0.2) is 0 Å². The first kappa shape index (κ1) is 19.2. The highest BCUT2D eigenvalue weighted by molar-refractivity contribution is 5.74. The van der Waals surface area contributed by atoms with Crippen LogP contribution in [0.1, 0.15) is 36.4 Å². The Hall–Kier alpha value is -2.60. The van der Waals surface area contributed by atoms with Crippen LogP contribution >= 0.6 is 0 Å². The molecule has 2 aromatic rings. The van der Waals surface area contributed by atoms with Gasteiger partial charge in [-0.3, -0.25) is 9.69 Å². The van der Waals surface area contributed by atoms with Crippen molar-refractivity contribution < 1.29 is 23.8 Å². The van der Waals surface area contributed by atoms with Crippen molar-refractivity contribution in [3.63, 3.8) is 0 Å². The molecule has 0 spiro atoms. The van der Waals surface area contributed by atoms with Crippen molar-refractivity contribution in [2.24, 2.45) is 0 Å². The molecule has 2 atom stereocenters. The van der Waals surface area contributed by atoms with Gasteiger partial charge in [0, 0.05) is 11.1 Å². The predicted molar refractivity (Wildman–Crippen MR) is 99.8 cm³/mol. The molecule has 3 rings (SSSR count). The maximum Gasteiger partial charge on any atom is 0.320 e. The van der Waals surface area contributed by atoms with Crippen LogP contribution in [0, 0.1) is 5.82 Å². The Kier molecular flexibility index (Phi) is 5.96. The van der Waals surface area contributed by atoms with Crippen molar-refractivity contribution in [3.8, 4) is 11.5 Å². The second-order valence-electron chi connectivity index (χ2n) is 6.62. The Morgan fingerprint density at radius 2 is 1.93 bits per heavy atom. The molecule has 1 aliphatic heterocycles. The van der Waals surface area contributed by atoms with Crippen LogP contribution in [-0.4, -0.2) is 42.8 Å². The van der Waals surface area contributed by atoms with Crippen LogP contribution in [0.3, 0.4) is 0 Å². The van der Waals surface area contributed by atoms with Crippen LogP contribution in [0.4, 0.5) is 4.39 Å². The first-order chi connectivity index (χ1) is 13.1. The number of benzene rings is 2. The molecule has 0 saturated carbocycles. The highest BCUT2D eigenvalue weighted by Crippen LogP contribution is 2.40. The van der Waals surface area contributed by atoms with Gasteiger partial charge in [-0.15, -0.1) is 0 Å². The fourth-order valence-corrected chi connectivity index (χ4v) is 3.80. The number of piperidine rings is 1. The van der Waals surface area contributed by atoms with E-state index in [-0.39, 0.29) is 5.82 Å². The molecule has 5 nitrogen and oxygen atoms in total. The molecule has 0 aliphatic carbocycles. The van der Waals surface area contributed by atoms with Gasteiger partial charge in [0.25, 0.3) is 0 Å². The lowest BCUT2D eigenvalue weighted by atomic mass is 9.90. The van der Waals surface area contributed by atoms with Crippen LogP contribution in [0.15, 0.2) is 42.5 Å². The predicted octanol–water partition coefficient (Wildman–Crippen LogP) is 3.87. The molecule has 0 bridgehead atoms. The van der Waals surface area contributed by atoms with E-state index in [0.717, 1.165) is 12.8 Å². The largest absolute Gasteiger partial charge is 0.497 e. The Labute approximate surface area is 158 Å². The van der Waals surface area contributed by atoms with Crippen molar-refractivity contribution in [1.82, 2.24) is 4.90 Å². The molecule has 6 heteroatoms. The second-order valence-corrected chi connectivity index (χ2v) is 6.62. The first-order valence-electron chi connectivity index (χ1n) is 9.01. The number of halogens is 1. The molecule has 0 aromatic heterocycles. The number of aliphatic carboxylic acids is 1. The molecule has 1 aliphatic rings. The molecule has 1 N–H and O–H groups in total. The van der Waals surface area contributed by atoms with Crippen LogP contribution in [0.2, 0.25) is 0 Å². The Balaban J connectivity index is 2.20. The van der Waals surface area contributed by atoms with E-state index in [9.17, 15) is 14.3 Å². The summed E-state index contributed by atoms with van der Waals surface area (Å²) in [6.07, 6.45) is 2.24. The number of ether oxygens (including phenoxy) is 2. The van der Waals surface area contributed by atoms with Gasteiger partial charge in [-0.1, -0.05) is 24.6 Å². The van der Waals surface area contributed by atoms with E-state index in [1.54, 1.807) is 50.6 Å². The van der Waals surface area contributed by atoms with Crippen molar-refractivity contribution in [3.05, 3.63) is 59.4 Å². The fraction of sp³-hybridized carbons (Fsp3) is 0.381. The molecule has 1 fully saturated rings. The van der Waals surface area contributed by atoms with Gasteiger partial charge in [-0.05, 0) is 43.7 Å². The van der Waals surface area contributed by atoms with E-state index in [2.05, 4.69) is 0 Å². The van der Waals surface area contributed by atoms with E-state index in [1.165, 1.54) is 6.07 Å². The van der Waals surface area contributed by atoms with Gasteiger partial charge in [0.2, 0.25) is 0 Å². The molecule has 0 amide bonds.